The van der Waals surface area contributed by atoms with Crippen molar-refractivity contribution in [2.75, 3.05) is 30.9 Å². The summed E-state index contributed by atoms with van der Waals surface area (Å²) >= 11 is 3.81. The van der Waals surface area contributed by atoms with Gasteiger partial charge < -0.3 is 10.6 Å². The standard InChI is InChI=1S/C13H26N2OS2.ClH/c1-4-13(5-2,17-3)10-15-12(16)8-11-9-18-7-6-14-11;/h11,14H,4-10H2,1-3H3,(H,15,16);1H. The molecule has 2 N–H and O–H groups in total. The number of halogens is 1. The molecular weight excluding hydrogens is 300 g/mol. The van der Waals surface area contributed by atoms with E-state index < -0.39 is 0 Å². The van der Waals surface area contributed by atoms with Crippen molar-refractivity contribution in [3.05, 3.63) is 0 Å². The van der Waals surface area contributed by atoms with Crippen LogP contribution in [-0.4, -0.2) is 47.5 Å². The van der Waals surface area contributed by atoms with Crippen molar-refractivity contribution >= 4 is 41.8 Å². The minimum absolute atomic E-state index is 0. The van der Waals surface area contributed by atoms with E-state index in [4.69, 9.17) is 0 Å². The Morgan fingerprint density at radius 2 is 2.16 bits per heavy atom. The second kappa shape index (κ2) is 10.2. The van der Waals surface area contributed by atoms with Gasteiger partial charge in [0.15, 0.2) is 0 Å². The summed E-state index contributed by atoms with van der Waals surface area (Å²) in [6, 6.07) is 0.357. The fourth-order valence-corrected chi connectivity index (χ4v) is 3.91. The number of hydrogen-bond acceptors (Lipinski definition) is 4. The molecule has 3 nitrogen and oxygen atoms in total. The van der Waals surface area contributed by atoms with Crippen molar-refractivity contribution in [1.82, 2.24) is 10.6 Å². The summed E-state index contributed by atoms with van der Waals surface area (Å²) in [6.45, 7) is 6.22. The minimum Gasteiger partial charge on any atom is -0.355 e. The number of rotatable bonds is 7. The Hall–Kier alpha value is 0.420. The van der Waals surface area contributed by atoms with Gasteiger partial charge in [-0.2, -0.15) is 23.5 Å². The van der Waals surface area contributed by atoms with E-state index in [1.165, 1.54) is 5.75 Å². The van der Waals surface area contributed by atoms with Crippen LogP contribution < -0.4 is 10.6 Å². The van der Waals surface area contributed by atoms with Crippen molar-refractivity contribution in [2.45, 2.75) is 43.9 Å². The average Bonchev–Trinajstić information content (AvgIpc) is 2.42. The van der Waals surface area contributed by atoms with Crippen molar-refractivity contribution in [3.8, 4) is 0 Å². The number of nitrogens with one attached hydrogen (secondary N) is 2. The van der Waals surface area contributed by atoms with Crippen molar-refractivity contribution in [1.29, 1.82) is 0 Å². The lowest BCUT2D eigenvalue weighted by atomic mass is 10.0. The maximum absolute atomic E-state index is 11.9. The van der Waals surface area contributed by atoms with E-state index in [0.717, 1.165) is 31.7 Å². The SMILES string of the molecule is CCC(CC)(CNC(=O)CC1CSCCN1)SC.Cl. The predicted octanol–water partition coefficient (Wildman–Crippen LogP) is 2.54. The molecule has 0 aromatic rings. The zero-order chi connectivity index (χ0) is 13.4. The molecule has 1 fully saturated rings. The normalized spacial score (nSPS) is 19.6. The first kappa shape index (κ1) is 19.4. The van der Waals surface area contributed by atoms with E-state index >= 15 is 0 Å². The van der Waals surface area contributed by atoms with Crippen molar-refractivity contribution in [2.24, 2.45) is 0 Å². The maximum Gasteiger partial charge on any atom is 0.221 e. The van der Waals surface area contributed by atoms with Crippen LogP contribution in [0.25, 0.3) is 0 Å². The van der Waals surface area contributed by atoms with Crippen molar-refractivity contribution in [3.63, 3.8) is 0 Å². The van der Waals surface area contributed by atoms with Gasteiger partial charge in [-0.25, -0.2) is 0 Å². The van der Waals surface area contributed by atoms with Crippen molar-refractivity contribution < 1.29 is 4.79 Å². The van der Waals surface area contributed by atoms with Gasteiger partial charge in [0.25, 0.3) is 0 Å². The molecule has 1 atom stereocenters. The van der Waals surface area contributed by atoms with E-state index in [2.05, 4.69) is 30.7 Å². The maximum atomic E-state index is 11.9. The molecule has 1 aliphatic heterocycles. The Morgan fingerprint density at radius 3 is 2.63 bits per heavy atom. The third-order valence-electron chi connectivity index (χ3n) is 3.76. The number of thioether (sulfide) groups is 2. The molecular formula is C13H27ClN2OS2. The molecule has 0 aromatic heterocycles. The molecule has 1 rings (SSSR count). The molecule has 1 unspecified atom stereocenters. The lowest BCUT2D eigenvalue weighted by Gasteiger charge is -2.30. The van der Waals surface area contributed by atoms with Gasteiger partial charge in [-0.15, -0.1) is 12.4 Å². The molecule has 0 aromatic carbocycles. The molecule has 0 radical (unpaired) electrons. The summed E-state index contributed by atoms with van der Waals surface area (Å²) in [6.07, 6.45) is 4.95. The molecule has 1 heterocycles. The van der Waals surface area contributed by atoms with Gasteiger partial charge in [0.2, 0.25) is 5.91 Å². The Balaban J connectivity index is 0.00000324. The number of hydrogen-bond donors (Lipinski definition) is 2. The molecule has 0 bridgehead atoms. The van der Waals surface area contributed by atoms with Crippen LogP contribution in [0.4, 0.5) is 0 Å². The highest BCUT2D eigenvalue weighted by molar-refractivity contribution is 8.00. The average molecular weight is 327 g/mol. The second-order valence-electron chi connectivity index (χ2n) is 4.80. The van der Waals surface area contributed by atoms with Crippen LogP contribution in [0.2, 0.25) is 0 Å². The summed E-state index contributed by atoms with van der Waals surface area (Å²) in [5.74, 6) is 2.41. The van der Waals surface area contributed by atoms with Crippen LogP contribution >= 0.6 is 35.9 Å². The van der Waals surface area contributed by atoms with Crippen LogP contribution in [0.15, 0.2) is 0 Å². The topological polar surface area (TPSA) is 41.1 Å². The highest BCUT2D eigenvalue weighted by atomic mass is 35.5. The van der Waals surface area contributed by atoms with E-state index in [1.807, 2.05) is 23.5 Å². The largest absolute Gasteiger partial charge is 0.355 e. The summed E-state index contributed by atoms with van der Waals surface area (Å²) in [5, 5.41) is 6.52. The molecule has 19 heavy (non-hydrogen) atoms. The van der Waals surface area contributed by atoms with Gasteiger partial charge >= 0.3 is 0 Å². The highest BCUT2D eigenvalue weighted by Gasteiger charge is 2.26. The zero-order valence-corrected chi connectivity index (χ0v) is 14.6. The fourth-order valence-electron chi connectivity index (χ4n) is 2.17. The van der Waals surface area contributed by atoms with Crippen LogP contribution in [0.1, 0.15) is 33.1 Å². The minimum atomic E-state index is 0. The summed E-state index contributed by atoms with van der Waals surface area (Å²) in [5.41, 5.74) is 0. The number of carbonyl (C=O) groups excluding carboxylic acids is 1. The molecule has 0 aliphatic carbocycles. The van der Waals surface area contributed by atoms with Crippen LogP contribution in [0.5, 0.6) is 0 Å². The molecule has 6 heteroatoms. The Bertz CT molecular complexity index is 249. The summed E-state index contributed by atoms with van der Waals surface area (Å²) in [7, 11) is 0. The molecule has 1 saturated heterocycles. The second-order valence-corrected chi connectivity index (χ2v) is 7.23. The van der Waals surface area contributed by atoms with Crippen LogP contribution in [0, 0.1) is 0 Å². The molecule has 0 spiro atoms. The van der Waals surface area contributed by atoms with E-state index in [0.29, 0.717) is 12.5 Å². The molecule has 1 amide bonds. The van der Waals surface area contributed by atoms with Gasteiger partial charge in [0.1, 0.15) is 0 Å². The van der Waals surface area contributed by atoms with E-state index in [-0.39, 0.29) is 23.1 Å². The van der Waals surface area contributed by atoms with Gasteiger partial charge in [-0.3, -0.25) is 4.79 Å². The third-order valence-corrected chi connectivity index (χ3v) is 6.48. The van der Waals surface area contributed by atoms with E-state index in [1.54, 1.807) is 0 Å². The predicted molar refractivity (Wildman–Crippen MR) is 90.8 cm³/mol. The monoisotopic (exact) mass is 326 g/mol. The van der Waals surface area contributed by atoms with Crippen LogP contribution in [0.3, 0.4) is 0 Å². The fraction of sp³-hybridized carbons (Fsp3) is 0.923. The Kier molecular flexibility index (Phi) is 10.4. The number of carbonyl (C=O) groups is 1. The summed E-state index contributed by atoms with van der Waals surface area (Å²) in [4.78, 5) is 11.9. The quantitative estimate of drug-likeness (QED) is 0.754. The first-order valence-electron chi connectivity index (χ1n) is 6.78. The van der Waals surface area contributed by atoms with Gasteiger partial charge in [0, 0.05) is 41.8 Å². The first-order valence-corrected chi connectivity index (χ1v) is 9.16. The third kappa shape index (κ3) is 6.61. The first-order chi connectivity index (χ1) is 8.65. The molecule has 114 valence electrons. The smallest absolute Gasteiger partial charge is 0.221 e. The Morgan fingerprint density at radius 1 is 1.47 bits per heavy atom. The summed E-state index contributed by atoms with van der Waals surface area (Å²) < 4.78 is 0.213. The highest BCUT2D eigenvalue weighted by Crippen LogP contribution is 2.29. The molecule has 0 saturated carbocycles. The number of amides is 1. The Labute approximate surface area is 132 Å². The molecule has 1 aliphatic rings. The van der Waals surface area contributed by atoms with Gasteiger partial charge in [-0.1, -0.05) is 13.8 Å². The van der Waals surface area contributed by atoms with E-state index in [9.17, 15) is 4.79 Å². The van der Waals surface area contributed by atoms with Crippen LogP contribution in [-0.2, 0) is 4.79 Å². The lowest BCUT2D eigenvalue weighted by molar-refractivity contribution is -0.121. The lowest BCUT2D eigenvalue weighted by Crippen LogP contribution is -2.44. The zero-order valence-electron chi connectivity index (χ0n) is 12.2. The van der Waals surface area contributed by atoms with Gasteiger partial charge in [0.05, 0.1) is 0 Å². The van der Waals surface area contributed by atoms with Gasteiger partial charge in [-0.05, 0) is 19.1 Å².